The monoisotopic (exact) mass is 159 g/mol. The third kappa shape index (κ3) is 1.80. The average Bonchev–Trinajstić information content (AvgIpc) is 1.88. The van der Waals surface area contributed by atoms with Crippen molar-refractivity contribution in [3.05, 3.63) is 0 Å². The molecule has 3 N–H and O–H groups in total. The van der Waals surface area contributed by atoms with Crippen molar-refractivity contribution in [1.82, 2.24) is 4.90 Å². The van der Waals surface area contributed by atoms with Crippen molar-refractivity contribution in [3.63, 3.8) is 0 Å². The molecule has 0 aromatic carbocycles. The highest BCUT2D eigenvalue weighted by atomic mass is 32.1. The van der Waals surface area contributed by atoms with E-state index in [0.29, 0.717) is 5.25 Å². The summed E-state index contributed by atoms with van der Waals surface area (Å²) in [5, 5.41) is 7.64. The summed E-state index contributed by atoms with van der Waals surface area (Å²) in [4.78, 5) is 1.88. The molecule has 0 bridgehead atoms. The smallest absolute Gasteiger partial charge is 0.188 e. The quantitative estimate of drug-likeness (QED) is 0.270. The Hall–Kier alpha value is -0.380. The highest BCUT2D eigenvalue weighted by Crippen LogP contribution is 2.13. The molecule has 0 aliphatic carbocycles. The number of guanidine groups is 1. The van der Waals surface area contributed by atoms with E-state index in [1.807, 2.05) is 4.90 Å². The Balaban J connectivity index is 2.33. The van der Waals surface area contributed by atoms with E-state index in [1.54, 1.807) is 0 Å². The molecule has 4 heteroatoms. The first-order valence-corrected chi connectivity index (χ1v) is 3.99. The Morgan fingerprint density at radius 1 is 1.50 bits per heavy atom. The first kappa shape index (κ1) is 7.72. The molecular formula is C6H13N3S. The summed E-state index contributed by atoms with van der Waals surface area (Å²) in [5.41, 5.74) is 5.30. The normalized spacial score (nSPS) is 21.1. The lowest BCUT2D eigenvalue weighted by Gasteiger charge is -2.29. The summed E-state index contributed by atoms with van der Waals surface area (Å²) in [5.74, 6) is 0.195. The van der Waals surface area contributed by atoms with Crippen LogP contribution in [0.3, 0.4) is 0 Å². The molecule has 0 saturated carbocycles. The Kier molecular flexibility index (Phi) is 2.43. The lowest BCUT2D eigenvalue weighted by atomic mass is 10.1. The first-order chi connectivity index (χ1) is 4.70. The second kappa shape index (κ2) is 3.14. The lowest BCUT2D eigenvalue weighted by Crippen LogP contribution is -2.42. The third-order valence-corrected chi connectivity index (χ3v) is 2.32. The van der Waals surface area contributed by atoms with Gasteiger partial charge in [-0.1, -0.05) is 0 Å². The predicted octanol–water partition coefficient (Wildman–Crippen LogP) is 0.274. The minimum atomic E-state index is 0.195. The van der Waals surface area contributed by atoms with Gasteiger partial charge in [0.1, 0.15) is 0 Å². The van der Waals surface area contributed by atoms with E-state index < -0.39 is 0 Å². The molecule has 0 amide bonds. The fourth-order valence-corrected chi connectivity index (χ4v) is 1.34. The minimum Gasteiger partial charge on any atom is -0.370 e. The number of hydrogen-bond acceptors (Lipinski definition) is 2. The van der Waals surface area contributed by atoms with Crippen LogP contribution in [0.5, 0.6) is 0 Å². The Morgan fingerprint density at radius 2 is 2.00 bits per heavy atom. The van der Waals surface area contributed by atoms with Crippen molar-refractivity contribution >= 4 is 18.6 Å². The predicted molar refractivity (Wildman–Crippen MR) is 45.5 cm³/mol. The van der Waals surface area contributed by atoms with Crippen LogP contribution in [0.1, 0.15) is 12.8 Å². The van der Waals surface area contributed by atoms with Crippen molar-refractivity contribution in [1.29, 1.82) is 5.41 Å². The fraction of sp³-hybridized carbons (Fsp3) is 0.833. The van der Waals surface area contributed by atoms with Gasteiger partial charge in [-0.15, -0.1) is 0 Å². The van der Waals surface area contributed by atoms with Crippen molar-refractivity contribution in [2.45, 2.75) is 18.1 Å². The molecule has 1 saturated heterocycles. The molecule has 0 aromatic rings. The maximum atomic E-state index is 7.13. The molecule has 0 radical (unpaired) electrons. The van der Waals surface area contributed by atoms with Gasteiger partial charge in [-0.25, -0.2) is 0 Å². The van der Waals surface area contributed by atoms with E-state index >= 15 is 0 Å². The maximum absolute atomic E-state index is 7.13. The van der Waals surface area contributed by atoms with E-state index in [1.165, 1.54) is 0 Å². The molecule has 58 valence electrons. The van der Waals surface area contributed by atoms with E-state index in [-0.39, 0.29) is 5.96 Å². The minimum absolute atomic E-state index is 0.195. The van der Waals surface area contributed by atoms with Crippen LogP contribution in [0.2, 0.25) is 0 Å². The summed E-state index contributed by atoms with van der Waals surface area (Å²) >= 11 is 4.33. The largest absolute Gasteiger partial charge is 0.370 e. The van der Waals surface area contributed by atoms with Crippen LogP contribution in [0.25, 0.3) is 0 Å². The SMILES string of the molecule is N=C(N)N1CCC(S)CC1. The Labute approximate surface area is 66.5 Å². The zero-order chi connectivity index (χ0) is 7.56. The van der Waals surface area contributed by atoms with Crippen LogP contribution in [0.4, 0.5) is 0 Å². The summed E-state index contributed by atoms with van der Waals surface area (Å²) < 4.78 is 0. The van der Waals surface area contributed by atoms with Gasteiger partial charge >= 0.3 is 0 Å². The molecule has 1 heterocycles. The van der Waals surface area contributed by atoms with Gasteiger partial charge in [0.05, 0.1) is 0 Å². The standard InChI is InChI=1S/C6H13N3S/c7-6(8)9-3-1-5(10)2-4-9/h5,10H,1-4H2,(H3,7,8). The van der Waals surface area contributed by atoms with E-state index in [4.69, 9.17) is 11.1 Å². The van der Waals surface area contributed by atoms with Crippen molar-refractivity contribution in [2.75, 3.05) is 13.1 Å². The fourth-order valence-electron chi connectivity index (χ4n) is 1.11. The average molecular weight is 159 g/mol. The molecule has 0 aromatic heterocycles. The zero-order valence-electron chi connectivity index (χ0n) is 5.88. The summed E-state index contributed by atoms with van der Waals surface area (Å²) in [7, 11) is 0. The number of nitrogens with one attached hydrogen (secondary N) is 1. The number of thiol groups is 1. The molecule has 0 spiro atoms. The van der Waals surface area contributed by atoms with Crippen LogP contribution in [0, 0.1) is 5.41 Å². The second-order valence-electron chi connectivity index (χ2n) is 2.60. The highest BCUT2D eigenvalue weighted by Gasteiger charge is 2.16. The highest BCUT2D eigenvalue weighted by molar-refractivity contribution is 7.80. The number of hydrogen-bond donors (Lipinski definition) is 3. The van der Waals surface area contributed by atoms with Crippen LogP contribution < -0.4 is 5.73 Å². The first-order valence-electron chi connectivity index (χ1n) is 3.47. The summed E-state index contributed by atoms with van der Waals surface area (Å²) in [6.07, 6.45) is 2.09. The zero-order valence-corrected chi connectivity index (χ0v) is 6.77. The van der Waals surface area contributed by atoms with Crippen LogP contribution in [0.15, 0.2) is 0 Å². The van der Waals surface area contributed by atoms with Gasteiger partial charge in [-0.05, 0) is 12.8 Å². The number of nitrogens with zero attached hydrogens (tertiary/aromatic N) is 1. The number of nitrogens with two attached hydrogens (primary N) is 1. The Morgan fingerprint density at radius 3 is 2.40 bits per heavy atom. The van der Waals surface area contributed by atoms with E-state index in [2.05, 4.69) is 12.6 Å². The third-order valence-electron chi connectivity index (χ3n) is 1.81. The number of likely N-dealkylation sites (tertiary alicyclic amines) is 1. The van der Waals surface area contributed by atoms with Gasteiger partial charge in [0, 0.05) is 18.3 Å². The topological polar surface area (TPSA) is 53.1 Å². The molecule has 1 fully saturated rings. The van der Waals surface area contributed by atoms with E-state index in [9.17, 15) is 0 Å². The van der Waals surface area contributed by atoms with Gasteiger partial charge in [-0.3, -0.25) is 5.41 Å². The molecule has 0 atom stereocenters. The maximum Gasteiger partial charge on any atom is 0.188 e. The molecule has 1 aliphatic rings. The number of rotatable bonds is 0. The van der Waals surface area contributed by atoms with Crippen LogP contribution in [-0.4, -0.2) is 29.2 Å². The van der Waals surface area contributed by atoms with Crippen molar-refractivity contribution < 1.29 is 0 Å². The lowest BCUT2D eigenvalue weighted by molar-refractivity contribution is 0.344. The molecule has 10 heavy (non-hydrogen) atoms. The molecule has 3 nitrogen and oxygen atoms in total. The van der Waals surface area contributed by atoms with Crippen LogP contribution in [-0.2, 0) is 0 Å². The van der Waals surface area contributed by atoms with Gasteiger partial charge in [0.25, 0.3) is 0 Å². The van der Waals surface area contributed by atoms with Gasteiger partial charge in [0.15, 0.2) is 5.96 Å². The van der Waals surface area contributed by atoms with Crippen molar-refractivity contribution in [3.8, 4) is 0 Å². The Bertz CT molecular complexity index is 129. The van der Waals surface area contributed by atoms with E-state index in [0.717, 1.165) is 25.9 Å². The molecule has 1 rings (SSSR count). The number of piperidine rings is 1. The molecule has 0 unspecified atom stereocenters. The van der Waals surface area contributed by atoms with Gasteiger partial charge in [0.2, 0.25) is 0 Å². The summed E-state index contributed by atoms with van der Waals surface area (Å²) in [6.45, 7) is 1.78. The second-order valence-corrected chi connectivity index (χ2v) is 3.33. The van der Waals surface area contributed by atoms with Crippen LogP contribution >= 0.6 is 12.6 Å². The summed E-state index contributed by atoms with van der Waals surface area (Å²) in [6, 6.07) is 0. The molecule has 1 aliphatic heterocycles. The molecular weight excluding hydrogens is 146 g/mol. The van der Waals surface area contributed by atoms with Gasteiger partial charge in [-0.2, -0.15) is 12.6 Å². The van der Waals surface area contributed by atoms with Crippen molar-refractivity contribution in [2.24, 2.45) is 5.73 Å². The van der Waals surface area contributed by atoms with Gasteiger partial charge < -0.3 is 10.6 Å².